The first kappa shape index (κ1) is 16.5. The molecular formula is C18H22FN3O2. The van der Waals surface area contributed by atoms with Gasteiger partial charge in [0.2, 0.25) is 5.89 Å². The number of aromatic nitrogens is 1. The van der Waals surface area contributed by atoms with E-state index in [4.69, 9.17) is 4.42 Å². The predicted molar refractivity (Wildman–Crippen MR) is 89.0 cm³/mol. The SMILES string of the molecule is CC1CCN(C(=O)NCCc2coc(-c3ccc(F)cc3)n2)CC1. The highest BCUT2D eigenvalue weighted by Crippen LogP contribution is 2.19. The molecule has 0 atom stereocenters. The molecule has 1 N–H and O–H groups in total. The zero-order valence-electron chi connectivity index (χ0n) is 13.8. The van der Waals surface area contributed by atoms with Crippen LogP contribution in [0, 0.1) is 11.7 Å². The number of carbonyl (C=O) groups is 1. The molecule has 2 amide bonds. The normalized spacial score (nSPS) is 15.5. The van der Waals surface area contributed by atoms with Gasteiger partial charge in [-0.1, -0.05) is 6.92 Å². The van der Waals surface area contributed by atoms with E-state index in [1.165, 1.54) is 12.1 Å². The summed E-state index contributed by atoms with van der Waals surface area (Å²) >= 11 is 0. The molecular weight excluding hydrogens is 309 g/mol. The maximum absolute atomic E-state index is 12.9. The lowest BCUT2D eigenvalue weighted by Gasteiger charge is -2.30. The number of piperidine rings is 1. The van der Waals surface area contributed by atoms with Crippen LogP contribution in [0.2, 0.25) is 0 Å². The molecule has 0 radical (unpaired) electrons. The highest BCUT2D eigenvalue weighted by molar-refractivity contribution is 5.74. The molecule has 2 heterocycles. The van der Waals surface area contributed by atoms with Gasteiger partial charge >= 0.3 is 6.03 Å². The van der Waals surface area contributed by atoms with Gasteiger partial charge in [-0.25, -0.2) is 14.2 Å². The van der Waals surface area contributed by atoms with Crippen LogP contribution < -0.4 is 5.32 Å². The number of nitrogens with one attached hydrogen (secondary N) is 1. The lowest BCUT2D eigenvalue weighted by molar-refractivity contribution is 0.174. The number of benzene rings is 1. The second-order valence-electron chi connectivity index (χ2n) is 6.30. The maximum atomic E-state index is 12.9. The smallest absolute Gasteiger partial charge is 0.317 e. The van der Waals surface area contributed by atoms with Crippen molar-refractivity contribution in [2.24, 2.45) is 5.92 Å². The summed E-state index contributed by atoms with van der Waals surface area (Å²) in [6.45, 7) is 4.39. The Labute approximate surface area is 140 Å². The zero-order valence-corrected chi connectivity index (χ0v) is 13.8. The summed E-state index contributed by atoms with van der Waals surface area (Å²) < 4.78 is 18.3. The van der Waals surface area contributed by atoms with Crippen molar-refractivity contribution in [1.29, 1.82) is 0 Å². The Morgan fingerprint density at radius 2 is 2.04 bits per heavy atom. The minimum Gasteiger partial charge on any atom is -0.444 e. The van der Waals surface area contributed by atoms with Gasteiger partial charge in [0.25, 0.3) is 0 Å². The van der Waals surface area contributed by atoms with Gasteiger partial charge in [0.15, 0.2) is 0 Å². The fraction of sp³-hybridized carbons (Fsp3) is 0.444. The van der Waals surface area contributed by atoms with Crippen LogP contribution in [-0.2, 0) is 6.42 Å². The molecule has 0 bridgehead atoms. The second kappa shape index (κ2) is 7.47. The Morgan fingerprint density at radius 3 is 2.75 bits per heavy atom. The summed E-state index contributed by atoms with van der Waals surface area (Å²) in [4.78, 5) is 18.3. The molecule has 1 aliphatic rings. The average Bonchev–Trinajstić information content (AvgIpc) is 3.05. The van der Waals surface area contributed by atoms with Gasteiger partial charge in [-0.3, -0.25) is 0 Å². The van der Waals surface area contributed by atoms with Crippen molar-refractivity contribution in [1.82, 2.24) is 15.2 Å². The first-order chi connectivity index (χ1) is 11.6. The van der Waals surface area contributed by atoms with E-state index in [0.717, 1.165) is 37.2 Å². The molecule has 2 aromatic rings. The second-order valence-corrected chi connectivity index (χ2v) is 6.30. The van der Waals surface area contributed by atoms with Gasteiger partial charge in [0.05, 0.1) is 5.69 Å². The van der Waals surface area contributed by atoms with Gasteiger partial charge in [-0.2, -0.15) is 0 Å². The molecule has 1 saturated heterocycles. The monoisotopic (exact) mass is 331 g/mol. The fourth-order valence-corrected chi connectivity index (χ4v) is 2.77. The molecule has 1 aliphatic heterocycles. The van der Waals surface area contributed by atoms with Crippen LogP contribution in [0.5, 0.6) is 0 Å². The predicted octanol–water partition coefficient (Wildman–Crippen LogP) is 3.46. The van der Waals surface area contributed by atoms with E-state index in [1.807, 2.05) is 4.90 Å². The largest absolute Gasteiger partial charge is 0.444 e. The molecule has 6 heteroatoms. The van der Waals surface area contributed by atoms with Crippen molar-refractivity contribution in [3.8, 4) is 11.5 Å². The van der Waals surface area contributed by atoms with Crippen molar-refractivity contribution >= 4 is 6.03 Å². The molecule has 128 valence electrons. The molecule has 5 nitrogen and oxygen atoms in total. The lowest BCUT2D eigenvalue weighted by Crippen LogP contribution is -2.44. The summed E-state index contributed by atoms with van der Waals surface area (Å²) in [5.74, 6) is 0.871. The van der Waals surface area contributed by atoms with Gasteiger partial charge in [-0.15, -0.1) is 0 Å². The van der Waals surface area contributed by atoms with Crippen molar-refractivity contribution in [3.05, 3.63) is 42.0 Å². The third-order valence-corrected chi connectivity index (χ3v) is 4.37. The van der Waals surface area contributed by atoms with Crippen molar-refractivity contribution in [2.45, 2.75) is 26.2 Å². The molecule has 3 rings (SSSR count). The van der Waals surface area contributed by atoms with E-state index in [0.29, 0.717) is 24.8 Å². The Hall–Kier alpha value is -2.37. The number of urea groups is 1. The van der Waals surface area contributed by atoms with Crippen LogP contribution in [-0.4, -0.2) is 35.5 Å². The van der Waals surface area contributed by atoms with Crippen LogP contribution in [0.3, 0.4) is 0 Å². The third-order valence-electron chi connectivity index (χ3n) is 4.37. The number of oxazole rings is 1. The van der Waals surface area contributed by atoms with E-state index in [1.54, 1.807) is 18.4 Å². The van der Waals surface area contributed by atoms with Crippen molar-refractivity contribution in [3.63, 3.8) is 0 Å². The molecule has 0 saturated carbocycles. The first-order valence-corrected chi connectivity index (χ1v) is 8.35. The minimum absolute atomic E-state index is 0.0100. The van der Waals surface area contributed by atoms with Gasteiger partial charge in [0, 0.05) is 31.6 Å². The van der Waals surface area contributed by atoms with Crippen LogP contribution in [0.1, 0.15) is 25.5 Å². The average molecular weight is 331 g/mol. The highest BCUT2D eigenvalue weighted by Gasteiger charge is 2.19. The number of amides is 2. The summed E-state index contributed by atoms with van der Waals surface area (Å²) in [6, 6.07) is 6.00. The topological polar surface area (TPSA) is 58.4 Å². The molecule has 0 unspecified atom stereocenters. The van der Waals surface area contributed by atoms with Crippen LogP contribution in [0.15, 0.2) is 34.9 Å². The number of nitrogens with zero attached hydrogens (tertiary/aromatic N) is 2. The molecule has 0 aliphatic carbocycles. The summed E-state index contributed by atoms with van der Waals surface area (Å²) in [5.41, 5.74) is 1.50. The summed E-state index contributed by atoms with van der Waals surface area (Å²) in [6.07, 6.45) is 4.31. The van der Waals surface area contributed by atoms with Crippen LogP contribution in [0.25, 0.3) is 11.5 Å². The first-order valence-electron chi connectivity index (χ1n) is 8.35. The molecule has 1 aromatic heterocycles. The maximum Gasteiger partial charge on any atom is 0.317 e. The van der Waals surface area contributed by atoms with Crippen molar-refractivity contribution in [2.75, 3.05) is 19.6 Å². The van der Waals surface area contributed by atoms with Gasteiger partial charge in [-0.05, 0) is 43.0 Å². The van der Waals surface area contributed by atoms with Gasteiger partial charge in [0.1, 0.15) is 12.1 Å². The van der Waals surface area contributed by atoms with E-state index in [2.05, 4.69) is 17.2 Å². The summed E-state index contributed by atoms with van der Waals surface area (Å²) in [5, 5.41) is 2.93. The highest BCUT2D eigenvalue weighted by atomic mass is 19.1. The number of rotatable bonds is 4. The van der Waals surface area contributed by atoms with E-state index in [9.17, 15) is 9.18 Å². The number of halogens is 1. The van der Waals surface area contributed by atoms with Crippen LogP contribution in [0.4, 0.5) is 9.18 Å². The fourth-order valence-electron chi connectivity index (χ4n) is 2.77. The van der Waals surface area contributed by atoms with Crippen molar-refractivity contribution < 1.29 is 13.6 Å². The Morgan fingerprint density at radius 1 is 1.33 bits per heavy atom. The molecule has 1 fully saturated rings. The Balaban J connectivity index is 1.47. The zero-order chi connectivity index (χ0) is 16.9. The third kappa shape index (κ3) is 4.13. The Kier molecular flexibility index (Phi) is 5.13. The lowest BCUT2D eigenvalue weighted by atomic mass is 10.00. The number of likely N-dealkylation sites (tertiary alicyclic amines) is 1. The Bertz CT molecular complexity index is 676. The number of carbonyl (C=O) groups excluding carboxylic acids is 1. The van der Waals surface area contributed by atoms with E-state index < -0.39 is 0 Å². The summed E-state index contributed by atoms with van der Waals surface area (Å²) in [7, 11) is 0. The molecule has 1 aromatic carbocycles. The number of hydrogen-bond acceptors (Lipinski definition) is 3. The standard InChI is InChI=1S/C18H22FN3O2/c1-13-7-10-22(11-8-13)18(23)20-9-6-16-12-24-17(21-16)14-2-4-15(19)5-3-14/h2-5,12-13H,6-11H2,1H3,(H,20,23). The minimum atomic E-state index is -0.291. The van der Waals surface area contributed by atoms with Crippen LogP contribution >= 0.6 is 0 Å². The molecule has 0 spiro atoms. The number of hydrogen-bond donors (Lipinski definition) is 1. The van der Waals surface area contributed by atoms with E-state index >= 15 is 0 Å². The van der Waals surface area contributed by atoms with Gasteiger partial charge < -0.3 is 14.6 Å². The van der Waals surface area contributed by atoms with E-state index in [-0.39, 0.29) is 11.8 Å². The molecule has 24 heavy (non-hydrogen) atoms. The quantitative estimate of drug-likeness (QED) is 0.933.